The molecule has 2 N–H and O–H groups in total. The molecule has 0 saturated heterocycles. The number of sulfonamides is 1. The molecule has 0 fully saturated rings. The topological polar surface area (TPSA) is 84.5 Å². The summed E-state index contributed by atoms with van der Waals surface area (Å²) in [7, 11) is -2.47. The highest BCUT2D eigenvalue weighted by Crippen LogP contribution is 2.30. The molecule has 2 rings (SSSR count). The van der Waals surface area contributed by atoms with E-state index < -0.39 is 33.7 Å². The molecule has 0 bridgehead atoms. The van der Waals surface area contributed by atoms with Crippen LogP contribution in [0.25, 0.3) is 0 Å². The fraction of sp³-hybridized carbons (Fsp3) is 0.316. The van der Waals surface area contributed by atoms with Crippen molar-refractivity contribution < 1.29 is 31.1 Å². The van der Waals surface area contributed by atoms with Crippen LogP contribution in [0.15, 0.2) is 47.4 Å². The van der Waals surface area contributed by atoms with Crippen LogP contribution >= 0.6 is 0 Å². The summed E-state index contributed by atoms with van der Waals surface area (Å²) in [5.74, 6) is -0.719. The lowest BCUT2D eigenvalue weighted by Crippen LogP contribution is -2.35. The van der Waals surface area contributed by atoms with E-state index in [0.29, 0.717) is 5.56 Å². The first-order chi connectivity index (χ1) is 13.4. The molecule has 10 heteroatoms. The van der Waals surface area contributed by atoms with Crippen LogP contribution in [0.3, 0.4) is 0 Å². The van der Waals surface area contributed by atoms with Crippen LogP contribution in [0.5, 0.6) is 0 Å². The maximum Gasteiger partial charge on any atom is 0.416 e. The maximum absolute atomic E-state index is 12.8. The molecule has 0 aliphatic carbocycles. The molecule has 0 aliphatic rings. The Morgan fingerprint density at radius 2 is 1.86 bits per heavy atom. The van der Waals surface area contributed by atoms with E-state index in [9.17, 15) is 26.4 Å². The number of rotatable bonds is 7. The number of benzene rings is 2. The molecule has 6 nitrogen and oxygen atoms in total. The fourth-order valence-electron chi connectivity index (χ4n) is 2.60. The van der Waals surface area contributed by atoms with Gasteiger partial charge in [-0.05, 0) is 49.7 Å². The molecular weight excluding hydrogens is 409 g/mol. The second-order valence-corrected chi connectivity index (χ2v) is 8.20. The van der Waals surface area contributed by atoms with Crippen LogP contribution in [0.4, 0.5) is 18.9 Å². The number of ether oxygens (including phenoxy) is 1. The molecule has 0 spiro atoms. The van der Waals surface area contributed by atoms with E-state index in [1.165, 1.54) is 37.4 Å². The average molecular weight is 430 g/mol. The van der Waals surface area contributed by atoms with Crippen LogP contribution in [-0.4, -0.2) is 34.1 Å². The second-order valence-electron chi connectivity index (χ2n) is 6.49. The van der Waals surface area contributed by atoms with Crippen LogP contribution in [0.2, 0.25) is 0 Å². The molecule has 0 radical (unpaired) electrons. The molecule has 0 heterocycles. The first kappa shape index (κ1) is 22.9. The van der Waals surface area contributed by atoms with Gasteiger partial charge in [-0.1, -0.05) is 12.1 Å². The van der Waals surface area contributed by atoms with Gasteiger partial charge >= 0.3 is 6.18 Å². The number of alkyl halides is 3. The molecular formula is C19H21F3N2O4S. The van der Waals surface area contributed by atoms with Crippen LogP contribution in [0, 0.1) is 6.92 Å². The average Bonchev–Trinajstić information content (AvgIpc) is 2.61. The number of anilines is 1. The molecule has 0 saturated carbocycles. The smallest absolute Gasteiger partial charge is 0.383 e. The third-order valence-electron chi connectivity index (χ3n) is 3.98. The van der Waals surface area contributed by atoms with Crippen molar-refractivity contribution in [2.24, 2.45) is 0 Å². The highest BCUT2D eigenvalue weighted by atomic mass is 32.2. The van der Waals surface area contributed by atoms with Crippen LogP contribution < -0.4 is 10.0 Å². The van der Waals surface area contributed by atoms with E-state index in [4.69, 9.17) is 4.74 Å². The summed E-state index contributed by atoms with van der Waals surface area (Å²) in [5, 5.41) is 2.38. The third-order valence-corrected chi connectivity index (χ3v) is 5.57. The predicted molar refractivity (Wildman–Crippen MR) is 102 cm³/mol. The van der Waals surface area contributed by atoms with Gasteiger partial charge in [-0.3, -0.25) is 4.79 Å². The van der Waals surface area contributed by atoms with Crippen molar-refractivity contribution in [2.75, 3.05) is 19.0 Å². The fourth-order valence-corrected chi connectivity index (χ4v) is 3.86. The number of aryl methyl sites for hydroxylation is 1. The number of carbonyl (C=O) groups excluding carboxylic acids is 1. The summed E-state index contributed by atoms with van der Waals surface area (Å²) in [6.07, 6.45) is -4.55. The quantitative estimate of drug-likeness (QED) is 0.703. The number of halogens is 3. The van der Waals surface area contributed by atoms with E-state index in [2.05, 4.69) is 10.0 Å². The lowest BCUT2D eigenvalue weighted by molar-refractivity contribution is -0.137. The molecule has 1 amide bonds. The van der Waals surface area contributed by atoms with E-state index in [0.717, 1.165) is 12.1 Å². The largest absolute Gasteiger partial charge is 0.416 e. The minimum atomic E-state index is -4.55. The van der Waals surface area contributed by atoms with Crippen molar-refractivity contribution in [1.82, 2.24) is 4.72 Å². The van der Waals surface area contributed by atoms with Gasteiger partial charge in [-0.15, -0.1) is 0 Å². The molecule has 158 valence electrons. The van der Waals surface area contributed by atoms with Gasteiger partial charge in [-0.25, -0.2) is 13.1 Å². The van der Waals surface area contributed by atoms with Gasteiger partial charge in [0.2, 0.25) is 10.0 Å². The zero-order valence-electron chi connectivity index (χ0n) is 16.0. The zero-order valence-corrected chi connectivity index (χ0v) is 16.8. The highest BCUT2D eigenvalue weighted by Gasteiger charge is 2.30. The Balaban J connectivity index is 2.29. The van der Waals surface area contributed by atoms with Crippen molar-refractivity contribution >= 4 is 21.6 Å². The predicted octanol–water partition coefficient (Wildman–Crippen LogP) is 3.58. The number of hydrogen-bond acceptors (Lipinski definition) is 4. The number of methoxy groups -OCH3 is 1. The van der Waals surface area contributed by atoms with Gasteiger partial charge in [0.05, 0.1) is 17.1 Å². The molecule has 29 heavy (non-hydrogen) atoms. The minimum absolute atomic E-state index is 0.0321. The van der Waals surface area contributed by atoms with E-state index in [1.807, 2.05) is 0 Å². The van der Waals surface area contributed by atoms with Crippen LogP contribution in [-0.2, 0) is 20.9 Å². The van der Waals surface area contributed by atoms with Crippen molar-refractivity contribution in [2.45, 2.75) is 31.0 Å². The minimum Gasteiger partial charge on any atom is -0.383 e. The maximum atomic E-state index is 12.8. The summed E-state index contributed by atoms with van der Waals surface area (Å²) in [4.78, 5) is 12.4. The summed E-state index contributed by atoms with van der Waals surface area (Å²) >= 11 is 0. The first-order valence-corrected chi connectivity index (χ1v) is 10.0. The van der Waals surface area contributed by atoms with Crippen molar-refractivity contribution in [1.29, 1.82) is 0 Å². The molecule has 2 aromatic carbocycles. The monoisotopic (exact) mass is 430 g/mol. The summed E-state index contributed by atoms with van der Waals surface area (Å²) < 4.78 is 70.8. The Kier molecular flexibility index (Phi) is 7.04. The van der Waals surface area contributed by atoms with Gasteiger partial charge in [0.15, 0.2) is 0 Å². The lowest BCUT2D eigenvalue weighted by Gasteiger charge is -2.15. The zero-order chi connectivity index (χ0) is 21.8. The summed E-state index contributed by atoms with van der Waals surface area (Å²) in [6, 6.07) is 7.68. The Bertz CT molecular complexity index is 991. The first-order valence-electron chi connectivity index (χ1n) is 8.54. The highest BCUT2D eigenvalue weighted by molar-refractivity contribution is 7.89. The molecule has 2 aromatic rings. The Hall–Kier alpha value is -2.43. The number of hydrogen-bond donors (Lipinski definition) is 2. The van der Waals surface area contributed by atoms with Gasteiger partial charge in [0, 0.05) is 24.4 Å². The van der Waals surface area contributed by atoms with Gasteiger partial charge in [0.1, 0.15) is 0 Å². The molecule has 0 unspecified atom stereocenters. The Morgan fingerprint density at radius 1 is 1.17 bits per heavy atom. The van der Waals surface area contributed by atoms with Gasteiger partial charge < -0.3 is 10.1 Å². The Morgan fingerprint density at radius 3 is 2.48 bits per heavy atom. The number of carbonyl (C=O) groups is 1. The van der Waals surface area contributed by atoms with E-state index in [-0.39, 0.29) is 22.8 Å². The van der Waals surface area contributed by atoms with E-state index in [1.54, 1.807) is 13.8 Å². The molecule has 0 aromatic heterocycles. The van der Waals surface area contributed by atoms with Crippen molar-refractivity contribution in [3.63, 3.8) is 0 Å². The van der Waals surface area contributed by atoms with Crippen molar-refractivity contribution in [3.05, 3.63) is 59.2 Å². The lowest BCUT2D eigenvalue weighted by atomic mass is 10.1. The van der Waals surface area contributed by atoms with Gasteiger partial charge in [0.25, 0.3) is 5.91 Å². The summed E-state index contributed by atoms with van der Waals surface area (Å²) in [5.41, 5.74) is -0.452. The third kappa shape index (κ3) is 6.02. The van der Waals surface area contributed by atoms with Gasteiger partial charge in [-0.2, -0.15) is 13.2 Å². The SMILES string of the molecule is COC[C@@H](C)NS(=O)(=O)c1ccc(C)c(C(=O)Nc2cccc(C(F)(F)F)c2)c1. The number of amides is 1. The van der Waals surface area contributed by atoms with Crippen molar-refractivity contribution in [3.8, 4) is 0 Å². The van der Waals surface area contributed by atoms with E-state index >= 15 is 0 Å². The standard InChI is InChI=1S/C19H21F3N2O4S/c1-12-7-8-16(29(26,27)24-13(2)11-28-3)10-17(12)18(25)23-15-6-4-5-14(9-15)19(20,21)22/h4-10,13,24H,11H2,1-3H3,(H,23,25)/t13-/m1/s1. The Labute approximate surface area is 167 Å². The second kappa shape index (κ2) is 8.93. The van der Waals surface area contributed by atoms with Crippen LogP contribution in [0.1, 0.15) is 28.4 Å². The molecule has 1 atom stereocenters. The normalized spacial score (nSPS) is 13.2. The number of nitrogens with one attached hydrogen (secondary N) is 2. The summed E-state index contributed by atoms with van der Waals surface area (Å²) in [6.45, 7) is 3.38. The molecule has 0 aliphatic heterocycles.